The largest absolute Gasteiger partial charge is 0.463 e. The van der Waals surface area contributed by atoms with Crippen LogP contribution in [0.25, 0.3) is 0 Å². The number of hydrogen-bond acceptors (Lipinski definition) is 4. The average Bonchev–Trinajstić information content (AvgIpc) is 2.82. The van der Waals surface area contributed by atoms with Crippen LogP contribution in [0.3, 0.4) is 0 Å². The number of hydrogen-bond donors (Lipinski definition) is 0. The number of methoxy groups -OCH3 is 1. The number of Topliss-reactive ketones (excluding diaryl/α,β-unsaturated/α-hetero) is 2. The Kier molecular flexibility index (Phi) is 5.92. The van der Waals surface area contributed by atoms with Crippen LogP contribution in [0.2, 0.25) is 0 Å². The zero-order chi connectivity index (χ0) is 15.9. The third kappa shape index (κ3) is 4.29. The standard InChI is InChI=1S/C17H23NO4/c1-22-17(21)16(20)11-15(19)14-9-6-10-18(14)12-13-7-4-2-3-5-8-13/h6,9-10,13H,2-5,7-8,11-12H2,1H3. The summed E-state index contributed by atoms with van der Waals surface area (Å²) < 4.78 is 6.27. The van der Waals surface area contributed by atoms with Crippen molar-refractivity contribution in [1.29, 1.82) is 0 Å². The Morgan fingerprint density at radius 2 is 1.86 bits per heavy atom. The topological polar surface area (TPSA) is 65.4 Å². The Morgan fingerprint density at radius 1 is 1.18 bits per heavy atom. The number of esters is 1. The van der Waals surface area contributed by atoms with Crippen LogP contribution in [0.15, 0.2) is 18.3 Å². The lowest BCUT2D eigenvalue weighted by Crippen LogP contribution is -2.21. The maximum Gasteiger partial charge on any atom is 0.374 e. The molecule has 2 rings (SSSR count). The zero-order valence-electron chi connectivity index (χ0n) is 13.0. The van der Waals surface area contributed by atoms with Gasteiger partial charge in [0.1, 0.15) is 0 Å². The highest BCUT2D eigenvalue weighted by atomic mass is 16.5. The van der Waals surface area contributed by atoms with Crippen LogP contribution < -0.4 is 0 Å². The summed E-state index contributed by atoms with van der Waals surface area (Å²) in [5, 5.41) is 0. The molecule has 0 unspecified atom stereocenters. The molecule has 5 heteroatoms. The van der Waals surface area contributed by atoms with Crippen LogP contribution >= 0.6 is 0 Å². The SMILES string of the molecule is COC(=O)C(=O)CC(=O)c1cccn1CC1CCCCCC1. The van der Waals surface area contributed by atoms with Crippen molar-refractivity contribution in [2.24, 2.45) is 5.92 Å². The molecule has 0 saturated heterocycles. The van der Waals surface area contributed by atoms with Gasteiger partial charge in [0.15, 0.2) is 5.78 Å². The van der Waals surface area contributed by atoms with Crippen molar-refractivity contribution in [1.82, 2.24) is 4.57 Å². The number of ether oxygens (including phenoxy) is 1. The van der Waals surface area contributed by atoms with E-state index in [0.717, 1.165) is 13.7 Å². The number of aromatic nitrogens is 1. The van der Waals surface area contributed by atoms with Crippen molar-refractivity contribution >= 4 is 17.5 Å². The fourth-order valence-electron chi connectivity index (χ4n) is 3.07. The maximum absolute atomic E-state index is 12.2. The van der Waals surface area contributed by atoms with Gasteiger partial charge in [-0.3, -0.25) is 9.59 Å². The van der Waals surface area contributed by atoms with Crippen molar-refractivity contribution < 1.29 is 19.1 Å². The van der Waals surface area contributed by atoms with Gasteiger partial charge in [-0.05, 0) is 30.9 Å². The van der Waals surface area contributed by atoms with Gasteiger partial charge >= 0.3 is 5.97 Å². The van der Waals surface area contributed by atoms with Crippen molar-refractivity contribution in [2.45, 2.75) is 51.5 Å². The predicted octanol–water partition coefficient (Wildman–Crippen LogP) is 2.77. The van der Waals surface area contributed by atoms with E-state index in [1.165, 1.54) is 38.5 Å². The molecule has 22 heavy (non-hydrogen) atoms. The smallest absolute Gasteiger partial charge is 0.374 e. The molecule has 0 amide bonds. The molecule has 1 saturated carbocycles. The van der Waals surface area contributed by atoms with E-state index < -0.39 is 18.2 Å². The van der Waals surface area contributed by atoms with E-state index in [4.69, 9.17) is 0 Å². The monoisotopic (exact) mass is 305 g/mol. The molecular formula is C17H23NO4. The molecule has 0 aromatic carbocycles. The first-order chi connectivity index (χ1) is 10.6. The molecule has 0 bridgehead atoms. The summed E-state index contributed by atoms with van der Waals surface area (Å²) in [7, 11) is 1.14. The Bertz CT molecular complexity index is 539. The third-order valence-corrected chi connectivity index (χ3v) is 4.28. The fraction of sp³-hybridized carbons (Fsp3) is 0.588. The van der Waals surface area contributed by atoms with Crippen LogP contribution in [0.1, 0.15) is 55.4 Å². The Labute approximate surface area is 130 Å². The molecule has 5 nitrogen and oxygen atoms in total. The van der Waals surface area contributed by atoms with Crippen molar-refractivity contribution in [3.63, 3.8) is 0 Å². The van der Waals surface area contributed by atoms with Crippen molar-refractivity contribution in [3.8, 4) is 0 Å². The highest BCUT2D eigenvalue weighted by molar-refractivity contribution is 6.38. The van der Waals surface area contributed by atoms with Gasteiger partial charge in [0, 0.05) is 12.7 Å². The van der Waals surface area contributed by atoms with E-state index in [9.17, 15) is 14.4 Å². The Morgan fingerprint density at radius 3 is 2.50 bits per heavy atom. The van der Waals surface area contributed by atoms with Crippen molar-refractivity contribution in [2.75, 3.05) is 7.11 Å². The van der Waals surface area contributed by atoms with Crippen LogP contribution in [0.5, 0.6) is 0 Å². The van der Waals surface area contributed by atoms with Gasteiger partial charge in [-0.25, -0.2) is 4.79 Å². The summed E-state index contributed by atoms with van der Waals surface area (Å²) in [4.78, 5) is 34.9. The summed E-state index contributed by atoms with van der Waals surface area (Å²) in [6.45, 7) is 0.806. The molecule has 1 aliphatic rings. The van der Waals surface area contributed by atoms with Gasteiger partial charge in [0.05, 0.1) is 19.2 Å². The molecule has 1 aliphatic carbocycles. The van der Waals surface area contributed by atoms with Crippen molar-refractivity contribution in [3.05, 3.63) is 24.0 Å². The quantitative estimate of drug-likeness (QED) is 0.266. The summed E-state index contributed by atoms with van der Waals surface area (Å²) >= 11 is 0. The zero-order valence-corrected chi connectivity index (χ0v) is 13.0. The van der Waals surface area contributed by atoms with Gasteiger partial charge in [0.25, 0.3) is 0 Å². The Hall–Kier alpha value is -1.91. The minimum absolute atomic E-state index is 0.325. The van der Waals surface area contributed by atoms with Gasteiger partial charge in [-0.1, -0.05) is 25.7 Å². The number of rotatable bonds is 6. The predicted molar refractivity (Wildman–Crippen MR) is 81.6 cm³/mol. The minimum atomic E-state index is -0.963. The maximum atomic E-state index is 12.2. The summed E-state index contributed by atoms with van der Waals surface area (Å²) in [6.07, 6.45) is 8.90. The summed E-state index contributed by atoms with van der Waals surface area (Å²) in [5.74, 6) is -1.50. The first kappa shape index (κ1) is 16.5. The fourth-order valence-corrected chi connectivity index (χ4v) is 3.07. The highest BCUT2D eigenvalue weighted by Gasteiger charge is 2.22. The second kappa shape index (κ2) is 7.92. The Balaban J connectivity index is 2.00. The molecule has 120 valence electrons. The first-order valence-electron chi connectivity index (χ1n) is 7.91. The van der Waals surface area contributed by atoms with E-state index in [0.29, 0.717) is 11.6 Å². The van der Waals surface area contributed by atoms with Crippen LogP contribution in [0, 0.1) is 5.92 Å². The average molecular weight is 305 g/mol. The van der Waals surface area contributed by atoms with E-state index in [2.05, 4.69) is 4.74 Å². The van der Waals surface area contributed by atoms with E-state index in [-0.39, 0.29) is 5.78 Å². The molecule has 1 aromatic rings. The van der Waals surface area contributed by atoms with E-state index in [1.807, 2.05) is 16.8 Å². The second-order valence-electron chi connectivity index (χ2n) is 5.92. The number of carbonyl (C=O) groups is 3. The lowest BCUT2D eigenvalue weighted by Gasteiger charge is -2.16. The number of carbonyl (C=O) groups excluding carboxylic acids is 3. The van der Waals surface area contributed by atoms with E-state index in [1.54, 1.807) is 6.07 Å². The summed E-state index contributed by atoms with van der Waals surface area (Å²) in [5.41, 5.74) is 0.501. The lowest BCUT2D eigenvalue weighted by atomic mass is 10.00. The molecule has 0 spiro atoms. The van der Waals surface area contributed by atoms with Gasteiger partial charge < -0.3 is 9.30 Å². The highest BCUT2D eigenvalue weighted by Crippen LogP contribution is 2.25. The normalized spacial score (nSPS) is 16.0. The van der Waals surface area contributed by atoms with Crippen LogP contribution in [-0.4, -0.2) is 29.2 Å². The number of ketones is 2. The number of nitrogens with zero attached hydrogens (tertiary/aromatic N) is 1. The van der Waals surface area contributed by atoms with E-state index >= 15 is 0 Å². The molecule has 1 fully saturated rings. The molecular weight excluding hydrogens is 282 g/mol. The van der Waals surface area contributed by atoms with Gasteiger partial charge in [-0.2, -0.15) is 0 Å². The molecule has 1 aromatic heterocycles. The van der Waals surface area contributed by atoms with Gasteiger partial charge in [-0.15, -0.1) is 0 Å². The molecule has 0 radical (unpaired) electrons. The first-order valence-corrected chi connectivity index (χ1v) is 7.91. The lowest BCUT2D eigenvalue weighted by molar-refractivity contribution is -0.151. The molecule has 0 N–H and O–H groups in total. The van der Waals surface area contributed by atoms with Crippen LogP contribution in [-0.2, 0) is 20.9 Å². The molecule has 1 heterocycles. The molecule has 0 aliphatic heterocycles. The minimum Gasteiger partial charge on any atom is -0.463 e. The van der Waals surface area contributed by atoms with Gasteiger partial charge in [0.2, 0.25) is 5.78 Å². The van der Waals surface area contributed by atoms with Crippen LogP contribution in [0.4, 0.5) is 0 Å². The third-order valence-electron chi connectivity index (χ3n) is 4.28. The molecule has 0 atom stereocenters. The second-order valence-corrected chi connectivity index (χ2v) is 5.92. The summed E-state index contributed by atoms with van der Waals surface area (Å²) in [6, 6.07) is 3.52.